The Hall–Kier alpha value is -1.40. The first kappa shape index (κ1) is 13.7. The van der Waals surface area contributed by atoms with E-state index in [1.165, 1.54) is 13.0 Å². The van der Waals surface area contributed by atoms with Crippen LogP contribution in [0.2, 0.25) is 0 Å². The number of benzene rings is 1. The monoisotopic (exact) mass is 258 g/mol. The maximum absolute atomic E-state index is 13.4. The first-order valence-corrected chi connectivity index (χ1v) is 6.53. The minimum absolute atomic E-state index is 0.120. The molecule has 6 heteroatoms. The molecule has 0 amide bonds. The van der Waals surface area contributed by atoms with Crippen LogP contribution in [0.3, 0.4) is 0 Å². The average molecular weight is 258 g/mol. The number of halogens is 1. The molecule has 17 heavy (non-hydrogen) atoms. The first-order valence-electron chi connectivity index (χ1n) is 5.04. The van der Waals surface area contributed by atoms with Gasteiger partial charge in [-0.15, -0.1) is 6.58 Å². The van der Waals surface area contributed by atoms with Gasteiger partial charge in [0.25, 0.3) is 0 Å². The Kier molecular flexibility index (Phi) is 4.25. The van der Waals surface area contributed by atoms with Gasteiger partial charge in [0, 0.05) is 17.8 Å². The van der Waals surface area contributed by atoms with Crippen molar-refractivity contribution in [1.82, 2.24) is 4.72 Å². The molecule has 0 saturated carbocycles. The number of anilines is 1. The Labute approximate surface area is 100 Å². The molecule has 0 fully saturated rings. The van der Waals surface area contributed by atoms with Crippen LogP contribution in [0.4, 0.5) is 10.1 Å². The Morgan fingerprint density at radius 1 is 1.53 bits per heavy atom. The van der Waals surface area contributed by atoms with Crippen LogP contribution in [0.5, 0.6) is 0 Å². The normalized spacial score (nSPS) is 11.4. The lowest BCUT2D eigenvalue weighted by Gasteiger charge is -2.08. The molecule has 0 radical (unpaired) electrons. The molecule has 1 aromatic rings. The van der Waals surface area contributed by atoms with E-state index in [0.717, 1.165) is 6.07 Å². The molecule has 0 saturated heterocycles. The highest BCUT2D eigenvalue weighted by Gasteiger charge is 2.16. The van der Waals surface area contributed by atoms with Gasteiger partial charge in [0.15, 0.2) is 0 Å². The average Bonchev–Trinajstić information content (AvgIpc) is 2.25. The summed E-state index contributed by atoms with van der Waals surface area (Å²) in [7, 11) is -3.71. The molecular formula is C11H15FN2O2S. The molecule has 0 aliphatic heterocycles. The number of rotatable bonds is 5. The van der Waals surface area contributed by atoms with Gasteiger partial charge in [-0.05, 0) is 25.5 Å². The molecule has 4 nitrogen and oxygen atoms in total. The summed E-state index contributed by atoms with van der Waals surface area (Å²) in [5.74, 6) is -0.630. The SMILES string of the molecule is C=CCCNS(=O)(=O)c1cc(N)c(C)c(F)c1. The van der Waals surface area contributed by atoms with Crippen molar-refractivity contribution in [3.63, 3.8) is 0 Å². The van der Waals surface area contributed by atoms with Crippen LogP contribution in [0.1, 0.15) is 12.0 Å². The fourth-order valence-electron chi connectivity index (χ4n) is 1.21. The summed E-state index contributed by atoms with van der Waals surface area (Å²) in [6, 6.07) is 2.20. The highest BCUT2D eigenvalue weighted by molar-refractivity contribution is 7.89. The summed E-state index contributed by atoms with van der Waals surface area (Å²) in [6.07, 6.45) is 2.09. The smallest absolute Gasteiger partial charge is 0.240 e. The lowest BCUT2D eigenvalue weighted by Crippen LogP contribution is -2.24. The second-order valence-electron chi connectivity index (χ2n) is 3.59. The first-order chi connectivity index (χ1) is 7.88. The van der Waals surface area contributed by atoms with Gasteiger partial charge in [-0.25, -0.2) is 17.5 Å². The quantitative estimate of drug-likeness (QED) is 0.478. The third-order valence-electron chi connectivity index (χ3n) is 2.31. The van der Waals surface area contributed by atoms with E-state index in [1.54, 1.807) is 6.08 Å². The molecule has 1 aromatic carbocycles. The summed E-state index contributed by atoms with van der Waals surface area (Å²) >= 11 is 0. The zero-order valence-electron chi connectivity index (χ0n) is 9.53. The number of nitrogen functional groups attached to an aromatic ring is 1. The van der Waals surface area contributed by atoms with Crippen molar-refractivity contribution in [3.8, 4) is 0 Å². The predicted octanol–water partition coefficient (Wildman–Crippen LogP) is 1.57. The van der Waals surface area contributed by atoms with E-state index in [1.807, 2.05) is 0 Å². The molecule has 3 N–H and O–H groups in total. The van der Waals surface area contributed by atoms with Gasteiger partial charge in [0.2, 0.25) is 10.0 Å². The summed E-state index contributed by atoms with van der Waals surface area (Å²) in [5.41, 5.74) is 5.89. The Bertz CT molecular complexity index is 503. The van der Waals surface area contributed by atoms with E-state index in [0.29, 0.717) is 6.42 Å². The molecule has 0 unspecified atom stereocenters. The van der Waals surface area contributed by atoms with Gasteiger partial charge in [-0.1, -0.05) is 6.08 Å². The van der Waals surface area contributed by atoms with Crippen molar-refractivity contribution in [2.75, 3.05) is 12.3 Å². The van der Waals surface area contributed by atoms with Crippen LogP contribution in [-0.2, 0) is 10.0 Å². The van der Waals surface area contributed by atoms with E-state index < -0.39 is 15.8 Å². The Morgan fingerprint density at radius 3 is 2.71 bits per heavy atom. The standard InChI is InChI=1S/C11H15FN2O2S/c1-3-4-5-14-17(15,16)9-6-10(12)8(2)11(13)7-9/h3,6-7,14H,1,4-5,13H2,2H3. The van der Waals surface area contributed by atoms with Gasteiger partial charge in [-0.3, -0.25) is 0 Å². The number of hydrogen-bond acceptors (Lipinski definition) is 3. The zero-order chi connectivity index (χ0) is 13.1. The van der Waals surface area contributed by atoms with Gasteiger partial charge < -0.3 is 5.73 Å². The van der Waals surface area contributed by atoms with Crippen molar-refractivity contribution in [3.05, 3.63) is 36.2 Å². The molecule has 0 aliphatic carbocycles. The van der Waals surface area contributed by atoms with E-state index in [-0.39, 0.29) is 22.7 Å². The van der Waals surface area contributed by atoms with Crippen LogP contribution in [0, 0.1) is 12.7 Å². The van der Waals surface area contributed by atoms with Crippen LogP contribution < -0.4 is 10.5 Å². The molecule has 0 spiro atoms. The lowest BCUT2D eigenvalue weighted by atomic mass is 10.2. The van der Waals surface area contributed by atoms with Gasteiger partial charge in [-0.2, -0.15) is 0 Å². The third kappa shape index (κ3) is 3.28. The Morgan fingerprint density at radius 2 is 2.18 bits per heavy atom. The zero-order valence-corrected chi connectivity index (χ0v) is 10.3. The van der Waals surface area contributed by atoms with Gasteiger partial charge >= 0.3 is 0 Å². The van der Waals surface area contributed by atoms with E-state index >= 15 is 0 Å². The van der Waals surface area contributed by atoms with Crippen molar-refractivity contribution >= 4 is 15.7 Å². The van der Waals surface area contributed by atoms with Crippen LogP contribution in [0.15, 0.2) is 29.7 Å². The van der Waals surface area contributed by atoms with Crippen molar-refractivity contribution in [1.29, 1.82) is 0 Å². The lowest BCUT2D eigenvalue weighted by molar-refractivity contribution is 0.577. The highest BCUT2D eigenvalue weighted by atomic mass is 32.2. The molecule has 0 atom stereocenters. The second-order valence-corrected chi connectivity index (χ2v) is 5.36. The molecule has 0 heterocycles. The van der Waals surface area contributed by atoms with Crippen molar-refractivity contribution in [2.24, 2.45) is 0 Å². The summed E-state index contributed by atoms with van der Waals surface area (Å²) in [4.78, 5) is -0.165. The van der Waals surface area contributed by atoms with E-state index in [4.69, 9.17) is 5.73 Å². The highest BCUT2D eigenvalue weighted by Crippen LogP contribution is 2.20. The van der Waals surface area contributed by atoms with E-state index in [2.05, 4.69) is 11.3 Å². The predicted molar refractivity (Wildman–Crippen MR) is 65.6 cm³/mol. The van der Waals surface area contributed by atoms with Crippen molar-refractivity contribution in [2.45, 2.75) is 18.2 Å². The largest absolute Gasteiger partial charge is 0.398 e. The second kappa shape index (κ2) is 5.29. The van der Waals surface area contributed by atoms with Crippen molar-refractivity contribution < 1.29 is 12.8 Å². The van der Waals surface area contributed by atoms with Gasteiger partial charge in [0.1, 0.15) is 5.82 Å². The molecule has 0 aliphatic rings. The molecule has 0 bridgehead atoms. The van der Waals surface area contributed by atoms with Crippen LogP contribution in [0.25, 0.3) is 0 Å². The third-order valence-corrected chi connectivity index (χ3v) is 3.75. The minimum atomic E-state index is -3.71. The summed E-state index contributed by atoms with van der Waals surface area (Å²) < 4.78 is 39.2. The van der Waals surface area contributed by atoms with Crippen LogP contribution in [-0.4, -0.2) is 15.0 Å². The fourth-order valence-corrected chi connectivity index (χ4v) is 2.30. The molecule has 1 rings (SSSR count). The van der Waals surface area contributed by atoms with E-state index in [9.17, 15) is 12.8 Å². The summed E-state index contributed by atoms with van der Waals surface area (Å²) in [6.45, 7) is 5.19. The maximum Gasteiger partial charge on any atom is 0.240 e. The minimum Gasteiger partial charge on any atom is -0.398 e. The Balaban J connectivity index is 3.03. The topological polar surface area (TPSA) is 72.2 Å². The number of sulfonamides is 1. The van der Waals surface area contributed by atoms with Gasteiger partial charge in [0.05, 0.1) is 4.90 Å². The molecule has 0 aromatic heterocycles. The number of nitrogens with one attached hydrogen (secondary N) is 1. The number of hydrogen-bond donors (Lipinski definition) is 2. The summed E-state index contributed by atoms with van der Waals surface area (Å²) in [5, 5.41) is 0. The fraction of sp³-hybridized carbons (Fsp3) is 0.273. The van der Waals surface area contributed by atoms with Crippen LogP contribution >= 0.6 is 0 Å². The molecule has 94 valence electrons. The number of nitrogens with two attached hydrogens (primary N) is 1. The molecular weight excluding hydrogens is 243 g/mol. The maximum atomic E-state index is 13.4.